The van der Waals surface area contributed by atoms with Gasteiger partial charge in [0.2, 0.25) is 5.88 Å². The molecule has 23 heavy (non-hydrogen) atoms. The van der Waals surface area contributed by atoms with Crippen LogP contribution in [0, 0.1) is 6.92 Å². The van der Waals surface area contributed by atoms with Crippen LogP contribution in [0.2, 0.25) is 0 Å². The highest BCUT2D eigenvalue weighted by Crippen LogP contribution is 2.24. The molecule has 2 heterocycles. The maximum Gasteiger partial charge on any atom is 0.215 e. The molecule has 0 bridgehead atoms. The lowest BCUT2D eigenvalue weighted by Gasteiger charge is -2.22. The maximum absolute atomic E-state index is 8.78. The van der Waals surface area contributed by atoms with Crippen LogP contribution in [0.1, 0.15) is 39.3 Å². The number of aromatic nitrogens is 3. The summed E-state index contributed by atoms with van der Waals surface area (Å²) in [5.41, 5.74) is 0.841. The van der Waals surface area contributed by atoms with Gasteiger partial charge in [-0.15, -0.1) is 0 Å². The van der Waals surface area contributed by atoms with Crippen molar-refractivity contribution in [2.75, 3.05) is 18.5 Å². The Bertz CT molecular complexity index is 632. The van der Waals surface area contributed by atoms with Gasteiger partial charge >= 0.3 is 0 Å². The molecule has 0 aromatic carbocycles. The molecular formula is C17H26N4O2. The van der Waals surface area contributed by atoms with Crippen LogP contribution in [0.25, 0.3) is 0 Å². The smallest absolute Gasteiger partial charge is 0.215 e. The molecule has 0 saturated carbocycles. The highest BCUT2D eigenvalue weighted by Gasteiger charge is 2.19. The number of nitrogens with one attached hydrogen (secondary N) is 1. The summed E-state index contributed by atoms with van der Waals surface area (Å²) in [6.07, 6.45) is 1.55. The normalized spacial score (nSPS) is 11.5. The van der Waals surface area contributed by atoms with E-state index in [1.54, 1.807) is 0 Å². The van der Waals surface area contributed by atoms with E-state index in [-0.39, 0.29) is 12.1 Å². The third-order valence-electron chi connectivity index (χ3n) is 3.25. The van der Waals surface area contributed by atoms with E-state index in [4.69, 9.17) is 9.84 Å². The molecule has 0 fully saturated rings. The second kappa shape index (κ2) is 7.46. The summed E-state index contributed by atoms with van der Waals surface area (Å²) in [5.74, 6) is 2.20. The number of aliphatic hydroxyl groups excluding tert-OH is 1. The molecule has 2 aromatic heterocycles. The van der Waals surface area contributed by atoms with Gasteiger partial charge in [0.1, 0.15) is 11.6 Å². The molecule has 6 nitrogen and oxygen atoms in total. The Balaban J connectivity index is 2.09. The molecule has 2 N–H and O–H groups in total. The molecule has 6 heteroatoms. The minimum Gasteiger partial charge on any atom is -0.478 e. The number of hydrogen-bond donors (Lipinski definition) is 2. The van der Waals surface area contributed by atoms with Crippen molar-refractivity contribution in [3.63, 3.8) is 0 Å². The van der Waals surface area contributed by atoms with Crippen LogP contribution in [0.5, 0.6) is 5.88 Å². The fourth-order valence-electron chi connectivity index (χ4n) is 2.19. The monoisotopic (exact) mass is 318 g/mol. The number of unbranched alkanes of at least 4 members (excludes halogenated alkanes) is 1. The first kappa shape index (κ1) is 17.3. The van der Waals surface area contributed by atoms with Crippen molar-refractivity contribution < 1.29 is 9.84 Å². The Morgan fingerprint density at radius 2 is 2.04 bits per heavy atom. The van der Waals surface area contributed by atoms with E-state index in [9.17, 15) is 0 Å². The second-order valence-corrected chi connectivity index (χ2v) is 6.52. The molecular weight excluding hydrogens is 292 g/mol. The zero-order valence-corrected chi connectivity index (χ0v) is 14.3. The first-order chi connectivity index (χ1) is 10.9. The first-order valence-electron chi connectivity index (χ1n) is 7.95. The number of ether oxygens (including phenoxy) is 1. The number of rotatable bonds is 7. The van der Waals surface area contributed by atoms with Crippen molar-refractivity contribution in [2.45, 2.75) is 46.1 Å². The lowest BCUT2D eigenvalue weighted by Crippen LogP contribution is -2.24. The molecule has 0 amide bonds. The Morgan fingerprint density at radius 3 is 2.74 bits per heavy atom. The summed E-state index contributed by atoms with van der Waals surface area (Å²) >= 11 is 0. The van der Waals surface area contributed by atoms with Gasteiger partial charge in [-0.3, -0.25) is 0 Å². The zero-order chi connectivity index (χ0) is 16.9. The Labute approximate surface area is 137 Å². The topological polar surface area (TPSA) is 72.2 Å². The highest BCUT2D eigenvalue weighted by atomic mass is 16.5. The van der Waals surface area contributed by atoms with Crippen LogP contribution >= 0.6 is 0 Å². The zero-order valence-electron chi connectivity index (χ0n) is 14.3. The SMILES string of the molecule is Cc1cc(Nc2cccc(OCCCCO)n2)n(C(C)(C)C)n1. The number of anilines is 2. The molecule has 0 radical (unpaired) electrons. The number of pyridine rings is 1. The van der Waals surface area contributed by atoms with E-state index < -0.39 is 0 Å². The first-order valence-corrected chi connectivity index (χ1v) is 7.95. The van der Waals surface area contributed by atoms with Gasteiger partial charge in [-0.2, -0.15) is 10.1 Å². The fraction of sp³-hybridized carbons (Fsp3) is 0.529. The van der Waals surface area contributed by atoms with Crippen LogP contribution in [0.15, 0.2) is 24.3 Å². The van der Waals surface area contributed by atoms with Crippen molar-refractivity contribution in [3.05, 3.63) is 30.0 Å². The number of aliphatic hydroxyl groups is 1. The molecule has 2 aromatic rings. The third-order valence-corrected chi connectivity index (χ3v) is 3.25. The van der Waals surface area contributed by atoms with Gasteiger partial charge in [0.25, 0.3) is 0 Å². The fourth-order valence-corrected chi connectivity index (χ4v) is 2.19. The Kier molecular flexibility index (Phi) is 5.60. The van der Waals surface area contributed by atoms with Gasteiger partial charge in [-0.25, -0.2) is 4.68 Å². The van der Waals surface area contributed by atoms with Crippen molar-refractivity contribution in [1.82, 2.24) is 14.8 Å². The average Bonchev–Trinajstić information content (AvgIpc) is 2.85. The van der Waals surface area contributed by atoms with Gasteiger partial charge in [0.05, 0.1) is 17.8 Å². The lowest BCUT2D eigenvalue weighted by atomic mass is 10.1. The van der Waals surface area contributed by atoms with E-state index in [1.165, 1.54) is 0 Å². The molecule has 0 aliphatic rings. The van der Waals surface area contributed by atoms with Crippen molar-refractivity contribution >= 4 is 11.6 Å². The van der Waals surface area contributed by atoms with E-state index >= 15 is 0 Å². The second-order valence-electron chi connectivity index (χ2n) is 6.52. The average molecular weight is 318 g/mol. The minimum atomic E-state index is -0.116. The van der Waals surface area contributed by atoms with Gasteiger partial charge in [0.15, 0.2) is 0 Å². The predicted molar refractivity (Wildman–Crippen MR) is 91.3 cm³/mol. The summed E-state index contributed by atoms with van der Waals surface area (Å²) in [4.78, 5) is 4.46. The molecule has 0 aliphatic heterocycles. The van der Waals surface area contributed by atoms with Crippen LogP contribution < -0.4 is 10.1 Å². The molecule has 0 spiro atoms. The molecule has 126 valence electrons. The van der Waals surface area contributed by atoms with E-state index in [0.29, 0.717) is 12.5 Å². The third kappa shape index (κ3) is 4.96. The summed E-state index contributed by atoms with van der Waals surface area (Å²) < 4.78 is 7.56. The molecule has 0 saturated heterocycles. The Hall–Kier alpha value is -2.08. The quantitative estimate of drug-likeness (QED) is 0.767. The van der Waals surface area contributed by atoms with E-state index in [0.717, 1.165) is 30.2 Å². The number of aryl methyl sites for hydroxylation is 1. The lowest BCUT2D eigenvalue weighted by molar-refractivity contribution is 0.249. The van der Waals surface area contributed by atoms with Gasteiger partial charge in [-0.1, -0.05) is 6.07 Å². The minimum absolute atomic E-state index is 0.116. The number of nitrogens with zero attached hydrogens (tertiary/aromatic N) is 3. The summed E-state index contributed by atoms with van der Waals surface area (Å²) in [6.45, 7) is 9.04. The van der Waals surface area contributed by atoms with E-state index in [2.05, 4.69) is 36.2 Å². The number of hydrogen-bond acceptors (Lipinski definition) is 5. The van der Waals surface area contributed by atoms with Gasteiger partial charge in [0, 0.05) is 18.7 Å². The molecule has 2 rings (SSSR count). The van der Waals surface area contributed by atoms with Crippen LogP contribution in [0.4, 0.5) is 11.6 Å². The maximum atomic E-state index is 8.78. The van der Waals surface area contributed by atoms with Gasteiger partial charge < -0.3 is 15.2 Å². The van der Waals surface area contributed by atoms with Crippen LogP contribution in [-0.4, -0.2) is 33.1 Å². The Morgan fingerprint density at radius 1 is 1.26 bits per heavy atom. The largest absolute Gasteiger partial charge is 0.478 e. The van der Waals surface area contributed by atoms with Gasteiger partial charge in [-0.05, 0) is 46.6 Å². The van der Waals surface area contributed by atoms with Crippen molar-refractivity contribution in [2.24, 2.45) is 0 Å². The summed E-state index contributed by atoms with van der Waals surface area (Å²) in [6, 6.07) is 7.63. The van der Waals surface area contributed by atoms with E-state index in [1.807, 2.05) is 35.9 Å². The van der Waals surface area contributed by atoms with Crippen LogP contribution in [-0.2, 0) is 5.54 Å². The molecule has 0 unspecified atom stereocenters. The van der Waals surface area contributed by atoms with Crippen molar-refractivity contribution in [1.29, 1.82) is 0 Å². The standard InChI is InChI=1S/C17H26N4O2/c1-13-12-15(21(20-13)17(2,3)4)18-14-8-7-9-16(19-14)23-11-6-5-10-22/h7-9,12,22H,5-6,10-11H2,1-4H3,(H,18,19). The highest BCUT2D eigenvalue weighted by molar-refractivity contribution is 5.53. The molecule has 0 atom stereocenters. The van der Waals surface area contributed by atoms with Crippen molar-refractivity contribution in [3.8, 4) is 5.88 Å². The summed E-state index contributed by atoms with van der Waals surface area (Å²) in [5, 5.41) is 16.6. The summed E-state index contributed by atoms with van der Waals surface area (Å²) in [7, 11) is 0. The van der Waals surface area contributed by atoms with Crippen LogP contribution in [0.3, 0.4) is 0 Å². The predicted octanol–water partition coefficient (Wildman–Crippen LogP) is 3.24. The molecule has 0 aliphatic carbocycles.